The molecule has 94 valence electrons. The third-order valence-corrected chi connectivity index (χ3v) is 2.56. The van der Waals surface area contributed by atoms with Crippen LogP contribution in [0.4, 0.5) is 0 Å². The number of amides is 1. The van der Waals surface area contributed by atoms with Crippen LogP contribution >= 0.6 is 0 Å². The predicted octanol–water partition coefficient (Wildman–Crippen LogP) is 0.826. The first-order valence-electron chi connectivity index (χ1n) is 5.65. The minimum Gasteiger partial charge on any atom is -0.480 e. The number of carboxylic acids is 1. The predicted molar refractivity (Wildman–Crippen MR) is 62.0 cm³/mol. The topological polar surface area (TPSA) is 83.6 Å². The second kappa shape index (κ2) is 7.22. The second-order valence-corrected chi connectivity index (χ2v) is 4.19. The van der Waals surface area contributed by atoms with Crippen molar-refractivity contribution in [2.75, 3.05) is 6.54 Å². The molecule has 3 N–H and O–H groups in total. The molecule has 16 heavy (non-hydrogen) atoms. The Bertz CT molecular complexity index is 241. The third-order valence-electron chi connectivity index (χ3n) is 2.56. The Kier molecular flexibility index (Phi) is 6.72. The number of nitrogens with two attached hydrogens (primary N) is 1. The summed E-state index contributed by atoms with van der Waals surface area (Å²) in [5.41, 5.74) is 5.56. The van der Waals surface area contributed by atoms with Crippen molar-refractivity contribution in [3.05, 3.63) is 0 Å². The van der Waals surface area contributed by atoms with E-state index in [4.69, 9.17) is 10.8 Å². The molecule has 0 aromatic heterocycles. The Morgan fingerprint density at radius 3 is 2.31 bits per heavy atom. The van der Waals surface area contributed by atoms with Crippen molar-refractivity contribution in [1.29, 1.82) is 0 Å². The lowest BCUT2D eigenvalue weighted by Gasteiger charge is -2.27. The quantitative estimate of drug-likeness (QED) is 0.678. The van der Waals surface area contributed by atoms with Crippen molar-refractivity contribution in [2.24, 2.45) is 5.73 Å². The van der Waals surface area contributed by atoms with Crippen LogP contribution in [-0.4, -0.2) is 40.5 Å². The molecule has 0 saturated carbocycles. The van der Waals surface area contributed by atoms with Crippen LogP contribution in [0, 0.1) is 0 Å². The minimum absolute atomic E-state index is 0.0347. The lowest BCUT2D eigenvalue weighted by Crippen LogP contribution is -2.42. The molecular weight excluding hydrogens is 208 g/mol. The molecule has 0 heterocycles. The zero-order chi connectivity index (χ0) is 12.7. The molecule has 0 rings (SSSR count). The van der Waals surface area contributed by atoms with E-state index in [0.717, 1.165) is 6.42 Å². The molecule has 1 amide bonds. The molecule has 0 saturated heterocycles. The smallest absolute Gasteiger partial charge is 0.323 e. The SMILES string of the molecule is CCC(C)N(CC(=O)O)C(=O)CCC(C)N. The molecular formula is C11H22N2O3. The lowest BCUT2D eigenvalue weighted by atomic mass is 10.1. The van der Waals surface area contributed by atoms with E-state index < -0.39 is 5.97 Å². The monoisotopic (exact) mass is 230 g/mol. The van der Waals surface area contributed by atoms with E-state index >= 15 is 0 Å². The van der Waals surface area contributed by atoms with Crippen molar-refractivity contribution in [3.63, 3.8) is 0 Å². The number of carboxylic acid groups (broad SMARTS) is 1. The summed E-state index contributed by atoms with van der Waals surface area (Å²) in [6, 6.07) is -0.0794. The lowest BCUT2D eigenvalue weighted by molar-refractivity contribution is -0.146. The van der Waals surface area contributed by atoms with Crippen LogP contribution in [0.1, 0.15) is 40.0 Å². The molecule has 5 nitrogen and oxygen atoms in total. The summed E-state index contributed by atoms with van der Waals surface area (Å²) in [5.74, 6) is -1.11. The Morgan fingerprint density at radius 1 is 1.38 bits per heavy atom. The highest BCUT2D eigenvalue weighted by atomic mass is 16.4. The molecule has 0 aromatic rings. The average Bonchev–Trinajstić information content (AvgIpc) is 2.21. The summed E-state index contributed by atoms with van der Waals surface area (Å²) < 4.78 is 0. The van der Waals surface area contributed by atoms with Gasteiger partial charge < -0.3 is 15.7 Å². The Balaban J connectivity index is 4.37. The maximum absolute atomic E-state index is 11.8. The van der Waals surface area contributed by atoms with E-state index in [9.17, 15) is 9.59 Å². The van der Waals surface area contributed by atoms with Crippen molar-refractivity contribution < 1.29 is 14.7 Å². The zero-order valence-electron chi connectivity index (χ0n) is 10.3. The molecule has 0 aliphatic heterocycles. The van der Waals surface area contributed by atoms with Gasteiger partial charge in [-0.15, -0.1) is 0 Å². The van der Waals surface area contributed by atoms with E-state index in [2.05, 4.69) is 0 Å². The van der Waals surface area contributed by atoms with Crippen LogP contribution in [0.5, 0.6) is 0 Å². The molecule has 0 spiro atoms. The Morgan fingerprint density at radius 2 is 1.94 bits per heavy atom. The summed E-state index contributed by atoms with van der Waals surface area (Å²) in [4.78, 5) is 23.9. The molecule has 0 aliphatic rings. The van der Waals surface area contributed by atoms with Crippen molar-refractivity contribution in [2.45, 2.75) is 52.1 Å². The first kappa shape index (κ1) is 14.9. The molecule has 5 heteroatoms. The third kappa shape index (κ3) is 5.70. The Labute approximate surface area is 96.6 Å². The van der Waals surface area contributed by atoms with Gasteiger partial charge in [0, 0.05) is 18.5 Å². The van der Waals surface area contributed by atoms with E-state index in [1.165, 1.54) is 4.90 Å². The van der Waals surface area contributed by atoms with Gasteiger partial charge in [0.2, 0.25) is 5.91 Å². The normalized spacial score (nSPS) is 14.2. The van der Waals surface area contributed by atoms with Gasteiger partial charge in [0.1, 0.15) is 6.54 Å². The van der Waals surface area contributed by atoms with Gasteiger partial charge in [-0.2, -0.15) is 0 Å². The van der Waals surface area contributed by atoms with Crippen molar-refractivity contribution in [1.82, 2.24) is 4.90 Å². The van der Waals surface area contributed by atoms with Gasteiger partial charge in [0.15, 0.2) is 0 Å². The molecule has 0 aliphatic carbocycles. The number of carbonyl (C=O) groups excluding carboxylic acids is 1. The first-order chi connectivity index (χ1) is 7.38. The average molecular weight is 230 g/mol. The molecule has 0 bridgehead atoms. The summed E-state index contributed by atoms with van der Waals surface area (Å²) >= 11 is 0. The number of hydrogen-bond acceptors (Lipinski definition) is 3. The fourth-order valence-electron chi connectivity index (χ4n) is 1.35. The number of carbonyl (C=O) groups is 2. The summed E-state index contributed by atoms with van der Waals surface area (Å²) in [6.45, 7) is 5.38. The number of rotatable bonds is 7. The zero-order valence-corrected chi connectivity index (χ0v) is 10.3. The van der Waals surface area contributed by atoms with Crippen LogP contribution in [0.15, 0.2) is 0 Å². The summed E-state index contributed by atoms with van der Waals surface area (Å²) in [7, 11) is 0. The van der Waals surface area contributed by atoms with E-state index in [-0.39, 0.29) is 24.5 Å². The maximum atomic E-state index is 11.8. The van der Waals surface area contributed by atoms with Crippen LogP contribution in [-0.2, 0) is 9.59 Å². The van der Waals surface area contributed by atoms with E-state index in [1.54, 1.807) is 0 Å². The number of hydrogen-bond donors (Lipinski definition) is 2. The van der Waals surface area contributed by atoms with Crippen LogP contribution in [0.25, 0.3) is 0 Å². The van der Waals surface area contributed by atoms with Gasteiger partial charge in [-0.05, 0) is 26.7 Å². The van der Waals surface area contributed by atoms with Crippen LogP contribution in [0.2, 0.25) is 0 Å². The van der Waals surface area contributed by atoms with E-state index in [0.29, 0.717) is 12.8 Å². The summed E-state index contributed by atoms with van der Waals surface area (Å²) in [5, 5.41) is 8.74. The van der Waals surface area contributed by atoms with E-state index in [1.807, 2.05) is 20.8 Å². The highest BCUT2D eigenvalue weighted by molar-refractivity contribution is 5.81. The van der Waals surface area contributed by atoms with Crippen molar-refractivity contribution >= 4 is 11.9 Å². The largest absolute Gasteiger partial charge is 0.480 e. The van der Waals surface area contributed by atoms with Gasteiger partial charge in [-0.25, -0.2) is 0 Å². The minimum atomic E-state index is -0.977. The van der Waals surface area contributed by atoms with Crippen LogP contribution < -0.4 is 5.73 Å². The van der Waals surface area contributed by atoms with Gasteiger partial charge in [0.05, 0.1) is 0 Å². The van der Waals surface area contributed by atoms with Gasteiger partial charge in [-0.3, -0.25) is 9.59 Å². The van der Waals surface area contributed by atoms with Gasteiger partial charge in [0.25, 0.3) is 0 Å². The van der Waals surface area contributed by atoms with Crippen molar-refractivity contribution in [3.8, 4) is 0 Å². The molecule has 0 radical (unpaired) electrons. The standard InChI is InChI=1S/C11H22N2O3/c1-4-9(3)13(7-11(15)16)10(14)6-5-8(2)12/h8-9H,4-7,12H2,1-3H3,(H,15,16). The fourth-order valence-corrected chi connectivity index (χ4v) is 1.35. The molecule has 0 fully saturated rings. The molecule has 0 aromatic carbocycles. The fraction of sp³-hybridized carbons (Fsp3) is 0.818. The molecule has 2 unspecified atom stereocenters. The second-order valence-electron chi connectivity index (χ2n) is 4.19. The highest BCUT2D eigenvalue weighted by Gasteiger charge is 2.21. The summed E-state index contributed by atoms with van der Waals surface area (Å²) in [6.07, 6.45) is 1.65. The number of nitrogens with zero attached hydrogens (tertiary/aromatic N) is 1. The number of aliphatic carboxylic acids is 1. The first-order valence-corrected chi connectivity index (χ1v) is 5.65. The van der Waals surface area contributed by atoms with Gasteiger partial charge in [-0.1, -0.05) is 6.92 Å². The van der Waals surface area contributed by atoms with Gasteiger partial charge >= 0.3 is 5.97 Å². The highest BCUT2D eigenvalue weighted by Crippen LogP contribution is 2.07. The molecule has 2 atom stereocenters. The van der Waals surface area contributed by atoms with Crippen LogP contribution in [0.3, 0.4) is 0 Å². The maximum Gasteiger partial charge on any atom is 0.323 e. The Hall–Kier alpha value is -1.10.